The summed E-state index contributed by atoms with van der Waals surface area (Å²) < 4.78 is 45.4. The summed E-state index contributed by atoms with van der Waals surface area (Å²) in [7, 11) is -3.63. The molecule has 0 fully saturated rings. The van der Waals surface area contributed by atoms with E-state index in [0.717, 1.165) is 10.2 Å². The maximum atomic E-state index is 13.0. The Bertz CT molecular complexity index is 1450. The molecular weight excluding hydrogens is 506 g/mol. The lowest BCUT2D eigenvalue weighted by atomic mass is 10.2. The lowest BCUT2D eigenvalue weighted by Gasteiger charge is -2.18. The minimum absolute atomic E-state index is 0.105. The highest BCUT2D eigenvalue weighted by molar-refractivity contribution is 7.89. The van der Waals surface area contributed by atoms with Gasteiger partial charge in [-0.2, -0.15) is 9.30 Å². The van der Waals surface area contributed by atoms with Gasteiger partial charge in [-0.1, -0.05) is 25.2 Å². The molecule has 0 radical (unpaired) electrons. The van der Waals surface area contributed by atoms with E-state index in [1.54, 1.807) is 31.4 Å². The molecule has 12 heteroatoms. The van der Waals surface area contributed by atoms with Crippen LogP contribution in [0, 0.1) is 0 Å². The average molecular weight is 534 g/mol. The normalized spacial score (nSPS) is 13.5. The molecule has 1 aliphatic rings. The number of esters is 1. The fourth-order valence-electron chi connectivity index (χ4n) is 3.83. The number of thiazole rings is 1. The molecule has 2 heterocycles. The van der Waals surface area contributed by atoms with Crippen molar-refractivity contribution in [1.82, 2.24) is 8.87 Å². The molecule has 36 heavy (non-hydrogen) atoms. The van der Waals surface area contributed by atoms with Crippen molar-refractivity contribution < 1.29 is 32.2 Å². The predicted molar refractivity (Wildman–Crippen MR) is 134 cm³/mol. The Balaban J connectivity index is 1.69. The van der Waals surface area contributed by atoms with Crippen molar-refractivity contribution >= 4 is 43.5 Å². The fraction of sp³-hybridized carbons (Fsp3) is 0.375. The minimum Gasteiger partial charge on any atom is -0.466 e. The zero-order chi connectivity index (χ0) is 25.9. The molecule has 1 aromatic heterocycles. The van der Waals surface area contributed by atoms with Gasteiger partial charge in [0.1, 0.15) is 0 Å². The molecule has 0 atom stereocenters. The number of hydrogen-bond donors (Lipinski definition) is 0. The summed E-state index contributed by atoms with van der Waals surface area (Å²) in [6, 6.07) is 9.35. The van der Waals surface area contributed by atoms with Crippen LogP contribution < -0.4 is 14.3 Å². The predicted octanol–water partition coefficient (Wildman–Crippen LogP) is 3.16. The van der Waals surface area contributed by atoms with Gasteiger partial charge < -0.3 is 18.8 Å². The van der Waals surface area contributed by atoms with E-state index in [1.165, 1.54) is 39.9 Å². The molecule has 2 aromatic carbocycles. The van der Waals surface area contributed by atoms with Crippen LogP contribution in [0.2, 0.25) is 0 Å². The van der Waals surface area contributed by atoms with Crippen LogP contribution >= 0.6 is 11.3 Å². The standard InChI is InChI=1S/C24H27N3O7S2/c1-4-26(5-2)36(30,31)17-9-7-16(8-10-17)23(29)25-24-27(12-11-22(28)32-6-3)18-13-19-20(34-15-33-19)14-21(18)35-24/h7-10,13-14H,4-6,11-12,15H2,1-3H3. The summed E-state index contributed by atoms with van der Waals surface area (Å²) >= 11 is 1.28. The summed E-state index contributed by atoms with van der Waals surface area (Å²) in [4.78, 5) is 29.8. The highest BCUT2D eigenvalue weighted by Crippen LogP contribution is 2.37. The molecule has 0 N–H and O–H groups in total. The van der Waals surface area contributed by atoms with Gasteiger partial charge in [0, 0.05) is 37.3 Å². The van der Waals surface area contributed by atoms with E-state index < -0.39 is 15.9 Å². The van der Waals surface area contributed by atoms with Crippen LogP contribution in [0.5, 0.6) is 11.5 Å². The SMILES string of the molecule is CCOC(=O)CCn1c(=NC(=O)c2ccc(S(=O)(=O)N(CC)CC)cc2)sc2cc3c(cc21)OCO3. The zero-order valence-electron chi connectivity index (χ0n) is 20.2. The first kappa shape index (κ1) is 25.9. The Morgan fingerprint density at radius 1 is 1.08 bits per heavy atom. The maximum Gasteiger partial charge on any atom is 0.307 e. The van der Waals surface area contributed by atoms with E-state index in [1.807, 2.05) is 6.07 Å². The summed E-state index contributed by atoms with van der Waals surface area (Å²) in [6.45, 7) is 6.65. The third kappa shape index (κ3) is 5.15. The number of benzene rings is 2. The Kier molecular flexibility index (Phi) is 7.76. The molecule has 3 aromatic rings. The number of aromatic nitrogens is 1. The zero-order valence-corrected chi connectivity index (χ0v) is 21.9. The van der Waals surface area contributed by atoms with Crippen LogP contribution in [0.3, 0.4) is 0 Å². The molecule has 0 aliphatic carbocycles. The van der Waals surface area contributed by atoms with Gasteiger partial charge >= 0.3 is 5.97 Å². The van der Waals surface area contributed by atoms with Crippen molar-refractivity contribution in [2.45, 2.75) is 38.6 Å². The minimum atomic E-state index is -3.63. The Morgan fingerprint density at radius 2 is 1.75 bits per heavy atom. The second-order valence-electron chi connectivity index (χ2n) is 7.80. The number of fused-ring (bicyclic) bond motifs is 2. The van der Waals surface area contributed by atoms with Gasteiger partial charge in [-0.25, -0.2) is 8.42 Å². The smallest absolute Gasteiger partial charge is 0.307 e. The van der Waals surface area contributed by atoms with Crippen LogP contribution in [0.1, 0.15) is 37.6 Å². The largest absolute Gasteiger partial charge is 0.466 e. The summed E-state index contributed by atoms with van der Waals surface area (Å²) in [5, 5.41) is 0. The van der Waals surface area contributed by atoms with Crippen LogP contribution in [-0.4, -0.2) is 55.7 Å². The van der Waals surface area contributed by atoms with Crippen molar-refractivity contribution in [2.24, 2.45) is 4.99 Å². The van der Waals surface area contributed by atoms with Gasteiger partial charge in [0.15, 0.2) is 16.3 Å². The van der Waals surface area contributed by atoms with Crippen molar-refractivity contribution in [3.63, 3.8) is 0 Å². The Labute approximate surface area is 212 Å². The molecule has 0 bridgehead atoms. The van der Waals surface area contributed by atoms with Crippen LogP contribution in [-0.2, 0) is 26.1 Å². The molecule has 10 nitrogen and oxygen atoms in total. The number of carbonyl (C=O) groups excluding carboxylic acids is 2. The van der Waals surface area contributed by atoms with E-state index >= 15 is 0 Å². The van der Waals surface area contributed by atoms with E-state index in [2.05, 4.69) is 4.99 Å². The Hall–Kier alpha value is -3.22. The van der Waals surface area contributed by atoms with Gasteiger partial charge in [0.25, 0.3) is 5.91 Å². The number of hydrogen-bond acceptors (Lipinski definition) is 8. The van der Waals surface area contributed by atoms with Gasteiger partial charge in [0.05, 0.1) is 28.1 Å². The quantitative estimate of drug-likeness (QED) is 0.388. The molecule has 1 aliphatic heterocycles. The van der Waals surface area contributed by atoms with Crippen molar-refractivity contribution in [2.75, 3.05) is 26.5 Å². The van der Waals surface area contributed by atoms with E-state index in [4.69, 9.17) is 14.2 Å². The van der Waals surface area contributed by atoms with E-state index in [9.17, 15) is 18.0 Å². The lowest BCUT2D eigenvalue weighted by Crippen LogP contribution is -2.30. The van der Waals surface area contributed by atoms with Crippen molar-refractivity contribution in [3.8, 4) is 11.5 Å². The second kappa shape index (κ2) is 10.8. The number of amides is 1. The van der Waals surface area contributed by atoms with E-state index in [0.29, 0.717) is 29.4 Å². The van der Waals surface area contributed by atoms with Crippen LogP contribution in [0.25, 0.3) is 10.2 Å². The number of rotatable bonds is 9. The first-order valence-electron chi connectivity index (χ1n) is 11.6. The molecule has 0 saturated carbocycles. The third-order valence-corrected chi connectivity index (χ3v) is 8.77. The maximum absolute atomic E-state index is 13.0. The number of sulfonamides is 1. The topological polar surface area (TPSA) is 117 Å². The monoisotopic (exact) mass is 533 g/mol. The number of nitrogens with zero attached hydrogens (tertiary/aromatic N) is 3. The highest BCUT2D eigenvalue weighted by atomic mass is 32.2. The molecule has 1 amide bonds. The molecule has 4 rings (SSSR count). The Morgan fingerprint density at radius 3 is 2.39 bits per heavy atom. The first-order chi connectivity index (χ1) is 17.3. The van der Waals surface area contributed by atoms with Crippen molar-refractivity contribution in [3.05, 3.63) is 46.8 Å². The fourth-order valence-corrected chi connectivity index (χ4v) is 6.35. The molecule has 0 spiro atoms. The van der Waals surface area contributed by atoms with Crippen molar-refractivity contribution in [1.29, 1.82) is 0 Å². The molecule has 0 unspecified atom stereocenters. The highest BCUT2D eigenvalue weighted by Gasteiger charge is 2.22. The number of carbonyl (C=O) groups is 2. The van der Waals surface area contributed by atoms with Crippen LogP contribution in [0.4, 0.5) is 0 Å². The summed E-state index contributed by atoms with van der Waals surface area (Å²) in [6.07, 6.45) is 0.105. The van der Waals surface area contributed by atoms with Gasteiger partial charge in [-0.3, -0.25) is 9.59 Å². The average Bonchev–Trinajstić information content (AvgIpc) is 3.45. The molecule has 0 saturated heterocycles. The molecular formula is C24H27N3O7S2. The van der Waals surface area contributed by atoms with Gasteiger partial charge in [0.2, 0.25) is 16.8 Å². The summed E-state index contributed by atoms with van der Waals surface area (Å²) in [5.74, 6) is 0.294. The van der Waals surface area contributed by atoms with Gasteiger partial charge in [-0.05, 0) is 31.2 Å². The second-order valence-corrected chi connectivity index (χ2v) is 10.7. The van der Waals surface area contributed by atoms with E-state index in [-0.39, 0.29) is 42.8 Å². The number of aryl methyl sites for hydroxylation is 1. The lowest BCUT2D eigenvalue weighted by molar-refractivity contribution is -0.143. The first-order valence-corrected chi connectivity index (χ1v) is 13.8. The molecule has 192 valence electrons. The summed E-state index contributed by atoms with van der Waals surface area (Å²) in [5.41, 5.74) is 0.998. The number of ether oxygens (including phenoxy) is 3. The third-order valence-electron chi connectivity index (χ3n) is 5.66. The van der Waals surface area contributed by atoms with Gasteiger partial charge in [-0.15, -0.1) is 0 Å². The van der Waals surface area contributed by atoms with Crippen LogP contribution in [0.15, 0.2) is 46.3 Å².